The van der Waals surface area contributed by atoms with Gasteiger partial charge in [0.2, 0.25) is 0 Å². The number of aromatic nitrogens is 4. The van der Waals surface area contributed by atoms with Crippen LogP contribution in [0.2, 0.25) is 0 Å². The molecule has 0 aliphatic carbocycles. The molecule has 0 atom stereocenters. The lowest BCUT2D eigenvalue weighted by atomic mass is 10.2. The van der Waals surface area contributed by atoms with Crippen molar-refractivity contribution < 1.29 is 4.74 Å². The van der Waals surface area contributed by atoms with Crippen LogP contribution in [-0.2, 0) is 6.54 Å². The van der Waals surface area contributed by atoms with Gasteiger partial charge in [0.05, 0.1) is 5.69 Å². The molecule has 0 aliphatic heterocycles. The van der Waals surface area contributed by atoms with Crippen LogP contribution in [0.4, 0.5) is 0 Å². The average molecular weight is 337 g/mol. The summed E-state index contributed by atoms with van der Waals surface area (Å²) in [4.78, 5) is 0. The molecule has 6 nitrogen and oxygen atoms in total. The summed E-state index contributed by atoms with van der Waals surface area (Å²) >= 11 is 0. The van der Waals surface area contributed by atoms with Crippen LogP contribution < -0.4 is 10.1 Å². The third-order valence-corrected chi connectivity index (χ3v) is 3.86. The maximum atomic E-state index is 5.82. The fourth-order valence-corrected chi connectivity index (χ4v) is 2.49. The van der Waals surface area contributed by atoms with Gasteiger partial charge in [-0.2, -0.15) is 4.68 Å². The Bertz CT molecular complexity index is 755. The molecule has 0 radical (unpaired) electrons. The van der Waals surface area contributed by atoms with Crippen molar-refractivity contribution in [1.29, 1.82) is 0 Å². The summed E-state index contributed by atoms with van der Waals surface area (Å²) < 4.78 is 7.40. The first kappa shape index (κ1) is 17.1. The van der Waals surface area contributed by atoms with E-state index >= 15 is 0 Å². The largest absolute Gasteiger partial charge is 0.423 e. The lowest BCUT2D eigenvalue weighted by Gasteiger charge is -2.08. The highest BCUT2D eigenvalue weighted by molar-refractivity contribution is 5.34. The van der Waals surface area contributed by atoms with Crippen molar-refractivity contribution in [3.05, 3.63) is 60.2 Å². The second-order valence-electron chi connectivity index (χ2n) is 5.84. The maximum Gasteiger partial charge on any atom is 0.345 e. The van der Waals surface area contributed by atoms with Crippen molar-refractivity contribution >= 4 is 0 Å². The van der Waals surface area contributed by atoms with E-state index in [4.69, 9.17) is 4.74 Å². The van der Waals surface area contributed by atoms with E-state index in [9.17, 15) is 0 Å². The van der Waals surface area contributed by atoms with Crippen LogP contribution in [0.25, 0.3) is 5.69 Å². The molecule has 0 saturated carbocycles. The highest BCUT2D eigenvalue weighted by atomic mass is 16.5. The quantitative estimate of drug-likeness (QED) is 0.603. The van der Waals surface area contributed by atoms with Crippen LogP contribution in [0, 0.1) is 0 Å². The molecular weight excluding hydrogens is 314 g/mol. The monoisotopic (exact) mass is 337 g/mol. The van der Waals surface area contributed by atoms with Gasteiger partial charge in [0.25, 0.3) is 0 Å². The van der Waals surface area contributed by atoms with Gasteiger partial charge in [-0.05, 0) is 53.2 Å². The van der Waals surface area contributed by atoms with Gasteiger partial charge >= 0.3 is 6.01 Å². The van der Waals surface area contributed by atoms with E-state index < -0.39 is 0 Å². The van der Waals surface area contributed by atoms with Crippen LogP contribution in [0.5, 0.6) is 11.8 Å². The summed E-state index contributed by atoms with van der Waals surface area (Å²) in [6, 6.07) is 18.0. The van der Waals surface area contributed by atoms with E-state index in [1.165, 1.54) is 24.8 Å². The van der Waals surface area contributed by atoms with Crippen molar-refractivity contribution in [1.82, 2.24) is 25.5 Å². The topological polar surface area (TPSA) is 64.9 Å². The molecular formula is C19H23N5O. The van der Waals surface area contributed by atoms with Crippen molar-refractivity contribution in [3.8, 4) is 17.4 Å². The Morgan fingerprint density at radius 3 is 2.56 bits per heavy atom. The van der Waals surface area contributed by atoms with Gasteiger partial charge in [-0.1, -0.05) is 55.2 Å². The summed E-state index contributed by atoms with van der Waals surface area (Å²) in [6.45, 7) is 4.14. The third-order valence-electron chi connectivity index (χ3n) is 3.86. The molecule has 0 spiro atoms. The average Bonchev–Trinajstić information content (AvgIpc) is 3.12. The molecule has 0 aliphatic rings. The van der Waals surface area contributed by atoms with Crippen LogP contribution >= 0.6 is 0 Å². The smallest absolute Gasteiger partial charge is 0.345 e. The van der Waals surface area contributed by atoms with Gasteiger partial charge in [-0.25, -0.2) is 0 Å². The first-order valence-corrected chi connectivity index (χ1v) is 8.68. The third kappa shape index (κ3) is 4.87. The predicted molar refractivity (Wildman–Crippen MR) is 96.9 cm³/mol. The molecule has 0 unspecified atom stereocenters. The zero-order chi connectivity index (χ0) is 17.3. The Morgan fingerprint density at radius 1 is 1.00 bits per heavy atom. The fraction of sp³-hybridized carbons (Fsp3) is 0.316. The second-order valence-corrected chi connectivity index (χ2v) is 5.84. The zero-order valence-electron chi connectivity index (χ0n) is 14.4. The van der Waals surface area contributed by atoms with Crippen molar-refractivity contribution in [2.75, 3.05) is 6.54 Å². The fourth-order valence-electron chi connectivity index (χ4n) is 2.49. The summed E-state index contributed by atoms with van der Waals surface area (Å²) in [5.41, 5.74) is 2.09. The van der Waals surface area contributed by atoms with Crippen LogP contribution in [0.3, 0.4) is 0 Å². The van der Waals surface area contributed by atoms with E-state index in [0.717, 1.165) is 18.8 Å². The van der Waals surface area contributed by atoms with Gasteiger partial charge in [0, 0.05) is 6.54 Å². The number of hydrogen-bond donors (Lipinski definition) is 1. The molecule has 0 amide bonds. The summed E-state index contributed by atoms with van der Waals surface area (Å²) in [7, 11) is 0. The van der Waals surface area contributed by atoms with Crippen molar-refractivity contribution in [2.24, 2.45) is 0 Å². The lowest BCUT2D eigenvalue weighted by molar-refractivity contribution is 0.427. The SMILES string of the molecule is CCCCCNCc1ccc(Oc2nnnn2-c2ccccc2)cc1. The van der Waals surface area contributed by atoms with Gasteiger partial charge < -0.3 is 10.1 Å². The van der Waals surface area contributed by atoms with E-state index in [-0.39, 0.29) is 0 Å². The van der Waals surface area contributed by atoms with Crippen LogP contribution in [0.15, 0.2) is 54.6 Å². The molecule has 0 bridgehead atoms. The minimum absolute atomic E-state index is 0.344. The molecule has 1 aromatic heterocycles. The number of ether oxygens (including phenoxy) is 1. The number of rotatable bonds is 9. The Balaban J connectivity index is 1.58. The number of para-hydroxylation sites is 1. The summed E-state index contributed by atoms with van der Waals surface area (Å²) in [5.74, 6) is 0.710. The Hall–Kier alpha value is -2.73. The second kappa shape index (κ2) is 8.94. The first-order chi connectivity index (χ1) is 12.4. The molecule has 3 aromatic rings. The van der Waals surface area contributed by atoms with Crippen LogP contribution in [-0.4, -0.2) is 26.8 Å². The molecule has 25 heavy (non-hydrogen) atoms. The molecule has 1 heterocycles. The molecule has 130 valence electrons. The Kier molecular flexibility index (Phi) is 6.11. The molecule has 2 aromatic carbocycles. The minimum Gasteiger partial charge on any atom is -0.423 e. The molecule has 1 N–H and O–H groups in total. The summed E-state index contributed by atoms with van der Waals surface area (Å²) in [5, 5.41) is 15.1. The number of tetrazole rings is 1. The number of benzene rings is 2. The maximum absolute atomic E-state index is 5.82. The predicted octanol–water partition coefficient (Wildman–Crippen LogP) is 3.73. The molecule has 0 fully saturated rings. The molecule has 3 rings (SSSR count). The molecule has 6 heteroatoms. The lowest BCUT2D eigenvalue weighted by Crippen LogP contribution is -2.14. The van der Waals surface area contributed by atoms with Crippen molar-refractivity contribution in [3.63, 3.8) is 0 Å². The van der Waals surface area contributed by atoms with Gasteiger partial charge in [-0.15, -0.1) is 0 Å². The van der Waals surface area contributed by atoms with E-state index in [2.05, 4.69) is 39.9 Å². The number of nitrogens with one attached hydrogen (secondary N) is 1. The highest BCUT2D eigenvalue weighted by Crippen LogP contribution is 2.21. The summed E-state index contributed by atoms with van der Waals surface area (Å²) in [6.07, 6.45) is 3.74. The highest BCUT2D eigenvalue weighted by Gasteiger charge is 2.10. The number of nitrogens with zero attached hydrogens (tertiary/aromatic N) is 4. The van der Waals surface area contributed by atoms with Gasteiger partial charge in [0.15, 0.2) is 0 Å². The van der Waals surface area contributed by atoms with E-state index in [0.29, 0.717) is 11.8 Å². The van der Waals surface area contributed by atoms with Gasteiger partial charge in [0.1, 0.15) is 5.75 Å². The first-order valence-electron chi connectivity index (χ1n) is 8.68. The van der Waals surface area contributed by atoms with Gasteiger partial charge in [-0.3, -0.25) is 0 Å². The number of unbranched alkanes of at least 4 members (excludes halogenated alkanes) is 2. The Morgan fingerprint density at radius 2 is 1.80 bits per heavy atom. The molecule has 0 saturated heterocycles. The standard InChI is InChI=1S/C19H23N5O/c1-2-3-7-14-20-15-16-10-12-18(13-11-16)25-19-21-22-23-24(19)17-8-5-4-6-9-17/h4-6,8-13,20H,2-3,7,14-15H2,1H3. The van der Waals surface area contributed by atoms with E-state index in [1.54, 1.807) is 4.68 Å². The normalized spacial score (nSPS) is 10.8. The van der Waals surface area contributed by atoms with E-state index in [1.807, 2.05) is 42.5 Å². The van der Waals surface area contributed by atoms with Crippen molar-refractivity contribution in [2.45, 2.75) is 32.7 Å². The number of hydrogen-bond acceptors (Lipinski definition) is 5. The minimum atomic E-state index is 0.344. The zero-order valence-corrected chi connectivity index (χ0v) is 14.4. The van der Waals surface area contributed by atoms with Crippen LogP contribution in [0.1, 0.15) is 31.7 Å². The Labute approximate surface area is 147 Å².